The van der Waals surface area contributed by atoms with Gasteiger partial charge in [0, 0.05) is 12.3 Å². The van der Waals surface area contributed by atoms with Crippen LogP contribution < -0.4 is 10.9 Å². The SMILES string of the molecule is Cc1c(O)c(=O)ccn1NC(=O)c1cccs1. The standard InChI is InChI=1S/C11H10N2O3S/c1-7-10(15)8(14)4-5-13(7)12-11(16)9-3-2-6-17-9/h2-6,15H,1H3,(H,12,16). The molecular formula is C11H10N2O3S. The Labute approximate surface area is 101 Å². The molecule has 2 N–H and O–H groups in total. The van der Waals surface area contributed by atoms with E-state index in [1.165, 1.54) is 28.3 Å². The number of aromatic nitrogens is 1. The van der Waals surface area contributed by atoms with Crippen LogP contribution in [0.4, 0.5) is 0 Å². The molecule has 6 heteroatoms. The van der Waals surface area contributed by atoms with Crippen molar-refractivity contribution in [1.82, 2.24) is 4.68 Å². The molecular weight excluding hydrogens is 240 g/mol. The van der Waals surface area contributed by atoms with Crippen LogP contribution in [-0.2, 0) is 0 Å². The van der Waals surface area contributed by atoms with E-state index in [0.29, 0.717) is 10.6 Å². The second kappa shape index (κ2) is 4.42. The van der Waals surface area contributed by atoms with Gasteiger partial charge in [0.2, 0.25) is 5.43 Å². The zero-order chi connectivity index (χ0) is 12.4. The normalized spacial score (nSPS) is 10.2. The van der Waals surface area contributed by atoms with Gasteiger partial charge >= 0.3 is 0 Å². The molecule has 0 saturated carbocycles. The Bertz CT molecular complexity index is 602. The van der Waals surface area contributed by atoms with Gasteiger partial charge in [-0.25, -0.2) is 0 Å². The number of hydrogen-bond acceptors (Lipinski definition) is 4. The van der Waals surface area contributed by atoms with Gasteiger partial charge in [0.15, 0.2) is 5.75 Å². The van der Waals surface area contributed by atoms with Crippen molar-refractivity contribution in [1.29, 1.82) is 0 Å². The number of nitrogens with one attached hydrogen (secondary N) is 1. The van der Waals surface area contributed by atoms with E-state index < -0.39 is 5.43 Å². The van der Waals surface area contributed by atoms with Gasteiger partial charge in [0.25, 0.3) is 5.91 Å². The minimum Gasteiger partial charge on any atom is -0.503 e. The third-order valence-corrected chi connectivity index (χ3v) is 3.15. The second-order valence-electron chi connectivity index (χ2n) is 3.40. The molecule has 2 aromatic rings. The first-order chi connectivity index (χ1) is 8.09. The number of nitrogens with zero attached hydrogens (tertiary/aromatic N) is 1. The molecule has 0 aliphatic carbocycles. The van der Waals surface area contributed by atoms with Crippen molar-refractivity contribution in [2.24, 2.45) is 0 Å². The van der Waals surface area contributed by atoms with Gasteiger partial charge in [-0.15, -0.1) is 11.3 Å². The fraction of sp³-hybridized carbons (Fsp3) is 0.0909. The minimum absolute atomic E-state index is 0.286. The topological polar surface area (TPSA) is 71.3 Å². The zero-order valence-electron chi connectivity index (χ0n) is 9.01. The predicted octanol–water partition coefficient (Wildman–Crippen LogP) is 1.31. The van der Waals surface area contributed by atoms with E-state index in [4.69, 9.17) is 0 Å². The van der Waals surface area contributed by atoms with Crippen LogP contribution in [0.25, 0.3) is 0 Å². The van der Waals surface area contributed by atoms with Crippen LogP contribution in [-0.4, -0.2) is 15.7 Å². The minimum atomic E-state index is -0.468. The molecule has 0 aliphatic heterocycles. The van der Waals surface area contributed by atoms with Crippen molar-refractivity contribution in [2.75, 3.05) is 5.43 Å². The second-order valence-corrected chi connectivity index (χ2v) is 4.35. The molecule has 2 rings (SSSR count). The molecule has 1 amide bonds. The Morgan fingerprint density at radius 2 is 2.24 bits per heavy atom. The third kappa shape index (κ3) is 2.21. The number of rotatable bonds is 2. The molecule has 5 nitrogen and oxygen atoms in total. The summed E-state index contributed by atoms with van der Waals surface area (Å²) in [4.78, 5) is 23.4. The van der Waals surface area contributed by atoms with Crippen LogP contribution in [0, 0.1) is 6.92 Å². The summed E-state index contributed by atoms with van der Waals surface area (Å²) in [6, 6.07) is 4.66. The molecule has 0 fully saturated rings. The fourth-order valence-electron chi connectivity index (χ4n) is 1.32. The van der Waals surface area contributed by atoms with Crippen LogP contribution in [0.15, 0.2) is 34.6 Å². The molecule has 0 atom stereocenters. The van der Waals surface area contributed by atoms with E-state index in [1.807, 2.05) is 0 Å². The Balaban J connectivity index is 2.29. The fourth-order valence-corrected chi connectivity index (χ4v) is 1.93. The Morgan fingerprint density at radius 3 is 2.88 bits per heavy atom. The molecule has 2 heterocycles. The monoisotopic (exact) mass is 250 g/mol. The van der Waals surface area contributed by atoms with E-state index in [2.05, 4.69) is 5.43 Å². The number of carbonyl (C=O) groups is 1. The summed E-state index contributed by atoms with van der Waals surface area (Å²) < 4.78 is 1.32. The highest BCUT2D eigenvalue weighted by Gasteiger charge is 2.10. The number of thiophene rings is 1. The van der Waals surface area contributed by atoms with Crippen molar-refractivity contribution >= 4 is 17.2 Å². The van der Waals surface area contributed by atoms with Crippen LogP contribution in [0.2, 0.25) is 0 Å². The highest BCUT2D eigenvalue weighted by atomic mass is 32.1. The Hall–Kier alpha value is -2.08. The lowest BCUT2D eigenvalue weighted by molar-refractivity contribution is 0.101. The molecule has 0 spiro atoms. The Kier molecular flexibility index (Phi) is 2.97. The molecule has 2 aromatic heterocycles. The van der Waals surface area contributed by atoms with E-state index in [1.54, 1.807) is 24.4 Å². The lowest BCUT2D eigenvalue weighted by Crippen LogP contribution is -2.25. The zero-order valence-corrected chi connectivity index (χ0v) is 9.82. The first kappa shape index (κ1) is 11.4. The summed E-state index contributed by atoms with van der Waals surface area (Å²) >= 11 is 1.31. The molecule has 17 heavy (non-hydrogen) atoms. The maximum atomic E-state index is 11.7. The molecule has 0 aliphatic rings. The van der Waals surface area contributed by atoms with Crippen molar-refractivity contribution < 1.29 is 9.90 Å². The number of amides is 1. The summed E-state index contributed by atoms with van der Waals surface area (Å²) in [6.07, 6.45) is 1.41. The van der Waals surface area contributed by atoms with Crippen molar-refractivity contribution in [3.63, 3.8) is 0 Å². The summed E-state index contributed by atoms with van der Waals surface area (Å²) in [7, 11) is 0. The lowest BCUT2D eigenvalue weighted by Gasteiger charge is -2.11. The summed E-state index contributed by atoms with van der Waals surface area (Å²) in [5, 5.41) is 11.2. The summed E-state index contributed by atoms with van der Waals surface area (Å²) in [5.41, 5.74) is 2.40. The van der Waals surface area contributed by atoms with Gasteiger partial charge < -0.3 is 5.11 Å². The molecule has 0 radical (unpaired) electrons. The molecule has 0 saturated heterocycles. The molecule has 0 unspecified atom stereocenters. The highest BCUT2D eigenvalue weighted by molar-refractivity contribution is 7.12. The smallest absolute Gasteiger partial charge is 0.280 e. The lowest BCUT2D eigenvalue weighted by atomic mass is 10.3. The van der Waals surface area contributed by atoms with Gasteiger partial charge in [-0.1, -0.05) is 6.07 Å². The van der Waals surface area contributed by atoms with Gasteiger partial charge in [0.05, 0.1) is 10.6 Å². The Morgan fingerprint density at radius 1 is 1.47 bits per heavy atom. The van der Waals surface area contributed by atoms with Gasteiger partial charge in [-0.3, -0.25) is 19.7 Å². The first-order valence-corrected chi connectivity index (χ1v) is 5.73. The van der Waals surface area contributed by atoms with Crippen molar-refractivity contribution in [3.8, 4) is 5.75 Å². The molecule has 88 valence electrons. The summed E-state index contributed by atoms with van der Waals surface area (Å²) in [5.74, 6) is -0.648. The highest BCUT2D eigenvalue weighted by Crippen LogP contribution is 2.11. The average molecular weight is 250 g/mol. The van der Waals surface area contributed by atoms with Crippen LogP contribution in [0.5, 0.6) is 5.75 Å². The first-order valence-electron chi connectivity index (χ1n) is 4.85. The maximum Gasteiger partial charge on any atom is 0.280 e. The average Bonchev–Trinajstić information content (AvgIpc) is 2.83. The summed E-state index contributed by atoms with van der Waals surface area (Å²) in [6.45, 7) is 1.55. The quantitative estimate of drug-likeness (QED) is 0.844. The van der Waals surface area contributed by atoms with E-state index >= 15 is 0 Å². The maximum absolute atomic E-state index is 11.7. The number of aromatic hydroxyl groups is 1. The number of carbonyl (C=O) groups excluding carboxylic acids is 1. The molecule has 0 bridgehead atoms. The van der Waals surface area contributed by atoms with Crippen LogP contribution in [0.1, 0.15) is 15.4 Å². The third-order valence-electron chi connectivity index (χ3n) is 2.28. The number of pyridine rings is 1. The van der Waals surface area contributed by atoms with Gasteiger partial charge in [-0.2, -0.15) is 0 Å². The van der Waals surface area contributed by atoms with Crippen LogP contribution in [0.3, 0.4) is 0 Å². The van der Waals surface area contributed by atoms with Crippen molar-refractivity contribution in [2.45, 2.75) is 6.92 Å². The van der Waals surface area contributed by atoms with Gasteiger partial charge in [0.1, 0.15) is 0 Å². The predicted molar refractivity (Wildman–Crippen MR) is 65.1 cm³/mol. The largest absolute Gasteiger partial charge is 0.503 e. The molecule has 0 aromatic carbocycles. The van der Waals surface area contributed by atoms with Crippen molar-refractivity contribution in [3.05, 3.63) is 50.6 Å². The van der Waals surface area contributed by atoms with E-state index in [-0.39, 0.29) is 11.7 Å². The van der Waals surface area contributed by atoms with Gasteiger partial charge in [-0.05, 0) is 18.4 Å². The van der Waals surface area contributed by atoms with E-state index in [0.717, 1.165) is 0 Å². The van der Waals surface area contributed by atoms with Crippen LogP contribution >= 0.6 is 11.3 Å². The van der Waals surface area contributed by atoms with E-state index in [9.17, 15) is 14.7 Å². The number of hydrogen-bond donors (Lipinski definition) is 2.